The second kappa shape index (κ2) is 6.15. The van der Waals surface area contributed by atoms with Gasteiger partial charge in [0, 0.05) is 17.6 Å². The number of aromatic nitrogens is 3. The number of likely N-dealkylation sites (tertiary alicyclic amines) is 1. The molecular weight excluding hydrogens is 356 g/mol. The van der Waals surface area contributed by atoms with Gasteiger partial charge in [0.2, 0.25) is 0 Å². The third-order valence-electron chi connectivity index (χ3n) is 3.67. The lowest BCUT2D eigenvalue weighted by Crippen LogP contribution is -2.39. The summed E-state index contributed by atoms with van der Waals surface area (Å²) in [5, 5.41) is 8.82. The molecule has 1 amide bonds. The van der Waals surface area contributed by atoms with Gasteiger partial charge in [-0.2, -0.15) is 15.0 Å². The first-order valence-corrected chi connectivity index (χ1v) is 7.92. The highest BCUT2D eigenvalue weighted by Gasteiger charge is 2.26. The summed E-state index contributed by atoms with van der Waals surface area (Å²) in [6, 6.07) is 5.60. The van der Waals surface area contributed by atoms with Crippen LogP contribution >= 0.6 is 27.5 Å². The highest BCUT2D eigenvalue weighted by atomic mass is 79.9. The van der Waals surface area contributed by atoms with E-state index in [-0.39, 0.29) is 11.9 Å². The number of nitrogens with zero attached hydrogens (tertiary/aromatic N) is 4. The molecule has 1 aliphatic heterocycles. The zero-order chi connectivity index (χ0) is 14.8. The van der Waals surface area contributed by atoms with Gasteiger partial charge in [0.05, 0.1) is 29.0 Å². The Morgan fingerprint density at radius 2 is 1.90 bits per heavy atom. The fourth-order valence-electron chi connectivity index (χ4n) is 2.55. The Morgan fingerprint density at radius 3 is 2.57 bits per heavy atom. The van der Waals surface area contributed by atoms with Crippen molar-refractivity contribution in [2.45, 2.75) is 18.9 Å². The van der Waals surface area contributed by atoms with Gasteiger partial charge in [-0.1, -0.05) is 27.5 Å². The van der Waals surface area contributed by atoms with Crippen LogP contribution in [-0.4, -0.2) is 38.9 Å². The Bertz CT molecular complexity index is 638. The Morgan fingerprint density at radius 1 is 1.24 bits per heavy atom. The number of piperidine rings is 1. The van der Waals surface area contributed by atoms with E-state index in [1.165, 1.54) is 0 Å². The maximum Gasteiger partial charge on any atom is 0.255 e. The average molecular weight is 370 g/mol. The molecule has 2 aromatic rings. The predicted octanol–water partition coefficient (Wildman–Crippen LogP) is 3.17. The van der Waals surface area contributed by atoms with E-state index < -0.39 is 0 Å². The molecule has 0 spiro atoms. The second-order valence-corrected chi connectivity index (χ2v) is 6.32. The van der Waals surface area contributed by atoms with E-state index in [2.05, 4.69) is 26.1 Å². The summed E-state index contributed by atoms with van der Waals surface area (Å²) in [4.78, 5) is 16.1. The first kappa shape index (κ1) is 14.5. The summed E-state index contributed by atoms with van der Waals surface area (Å²) in [5.74, 6) is -0.0202. The normalized spacial score (nSPS) is 16.2. The van der Waals surface area contributed by atoms with Gasteiger partial charge in [-0.3, -0.25) is 4.79 Å². The fraction of sp³-hybridized carbons (Fsp3) is 0.357. The second-order valence-electron chi connectivity index (χ2n) is 5.00. The number of hydrogen-bond acceptors (Lipinski definition) is 3. The van der Waals surface area contributed by atoms with Crippen LogP contribution in [0.25, 0.3) is 0 Å². The summed E-state index contributed by atoms with van der Waals surface area (Å²) in [5.41, 5.74) is 0.543. The topological polar surface area (TPSA) is 51.0 Å². The number of halogens is 2. The molecule has 1 aromatic heterocycles. The molecule has 3 rings (SSSR count). The van der Waals surface area contributed by atoms with Crippen molar-refractivity contribution >= 4 is 33.4 Å². The van der Waals surface area contributed by atoms with Crippen LogP contribution in [-0.2, 0) is 0 Å². The smallest absolute Gasteiger partial charge is 0.255 e. The minimum atomic E-state index is -0.0202. The molecule has 0 radical (unpaired) electrons. The van der Waals surface area contributed by atoms with Crippen LogP contribution in [0.5, 0.6) is 0 Å². The summed E-state index contributed by atoms with van der Waals surface area (Å²) < 4.78 is 0.853. The fourth-order valence-corrected chi connectivity index (χ4v) is 3.11. The summed E-state index contributed by atoms with van der Waals surface area (Å²) >= 11 is 9.50. The standard InChI is InChI=1S/C14H14BrClN4O/c15-10-1-2-13(16)12(9-10)14(21)19-7-3-11(4-8-19)20-17-5-6-18-20/h1-2,5-6,9,11H,3-4,7-8H2. The molecule has 1 aromatic carbocycles. The lowest BCUT2D eigenvalue weighted by molar-refractivity contribution is 0.0684. The van der Waals surface area contributed by atoms with E-state index in [0.29, 0.717) is 23.7 Å². The Kier molecular flexibility index (Phi) is 4.26. The maximum absolute atomic E-state index is 12.5. The van der Waals surface area contributed by atoms with Gasteiger partial charge in [-0.05, 0) is 31.0 Å². The molecule has 0 aliphatic carbocycles. The molecule has 110 valence electrons. The van der Waals surface area contributed by atoms with Gasteiger partial charge in [-0.15, -0.1) is 0 Å². The first-order chi connectivity index (χ1) is 10.1. The van der Waals surface area contributed by atoms with Gasteiger partial charge < -0.3 is 4.90 Å². The van der Waals surface area contributed by atoms with Gasteiger partial charge in [0.1, 0.15) is 0 Å². The van der Waals surface area contributed by atoms with Crippen LogP contribution in [0.2, 0.25) is 5.02 Å². The zero-order valence-electron chi connectivity index (χ0n) is 11.2. The van der Waals surface area contributed by atoms with Gasteiger partial charge in [-0.25, -0.2) is 0 Å². The van der Waals surface area contributed by atoms with Crippen LogP contribution in [0.15, 0.2) is 35.1 Å². The highest BCUT2D eigenvalue weighted by molar-refractivity contribution is 9.10. The van der Waals surface area contributed by atoms with Crippen molar-refractivity contribution in [1.29, 1.82) is 0 Å². The van der Waals surface area contributed by atoms with Crippen molar-refractivity contribution in [2.24, 2.45) is 0 Å². The molecule has 21 heavy (non-hydrogen) atoms. The van der Waals surface area contributed by atoms with Crippen molar-refractivity contribution in [3.05, 3.63) is 45.7 Å². The molecule has 0 atom stereocenters. The van der Waals surface area contributed by atoms with E-state index >= 15 is 0 Å². The third kappa shape index (κ3) is 3.11. The maximum atomic E-state index is 12.5. The number of benzene rings is 1. The van der Waals surface area contributed by atoms with Crippen molar-refractivity contribution in [2.75, 3.05) is 13.1 Å². The minimum absolute atomic E-state index is 0.0202. The molecule has 7 heteroatoms. The average Bonchev–Trinajstić information content (AvgIpc) is 3.03. The van der Waals surface area contributed by atoms with Crippen molar-refractivity contribution < 1.29 is 4.79 Å². The van der Waals surface area contributed by atoms with Gasteiger partial charge >= 0.3 is 0 Å². The van der Waals surface area contributed by atoms with E-state index in [0.717, 1.165) is 17.3 Å². The number of rotatable bonds is 2. The van der Waals surface area contributed by atoms with Crippen LogP contribution < -0.4 is 0 Å². The van der Waals surface area contributed by atoms with Crippen molar-refractivity contribution in [3.8, 4) is 0 Å². The summed E-state index contributed by atoms with van der Waals surface area (Å²) in [6.07, 6.45) is 5.07. The molecule has 1 aliphatic rings. The molecule has 0 saturated carbocycles. The van der Waals surface area contributed by atoms with Crippen molar-refractivity contribution in [3.63, 3.8) is 0 Å². The van der Waals surface area contributed by atoms with Crippen LogP contribution in [0.3, 0.4) is 0 Å². The lowest BCUT2D eigenvalue weighted by atomic mass is 10.0. The lowest BCUT2D eigenvalue weighted by Gasteiger charge is -2.31. The SMILES string of the molecule is O=C(c1cc(Br)ccc1Cl)N1CCC(n2nccn2)CC1. The monoisotopic (exact) mass is 368 g/mol. The highest BCUT2D eigenvalue weighted by Crippen LogP contribution is 2.26. The zero-order valence-corrected chi connectivity index (χ0v) is 13.6. The van der Waals surface area contributed by atoms with E-state index in [9.17, 15) is 4.79 Å². The van der Waals surface area contributed by atoms with E-state index in [1.807, 2.05) is 11.0 Å². The minimum Gasteiger partial charge on any atom is -0.338 e. The number of carbonyl (C=O) groups is 1. The van der Waals surface area contributed by atoms with Crippen molar-refractivity contribution in [1.82, 2.24) is 19.9 Å². The summed E-state index contributed by atoms with van der Waals surface area (Å²) in [7, 11) is 0. The summed E-state index contributed by atoms with van der Waals surface area (Å²) in [6.45, 7) is 1.38. The van der Waals surface area contributed by atoms with Crippen LogP contribution in [0.4, 0.5) is 0 Å². The molecule has 5 nitrogen and oxygen atoms in total. The molecule has 1 saturated heterocycles. The first-order valence-electron chi connectivity index (χ1n) is 6.75. The number of amides is 1. The van der Waals surface area contributed by atoms with Crippen LogP contribution in [0, 0.1) is 0 Å². The molecule has 0 unspecified atom stereocenters. The molecule has 1 fully saturated rings. The van der Waals surface area contributed by atoms with Gasteiger partial charge in [0.15, 0.2) is 0 Å². The van der Waals surface area contributed by atoms with Crippen LogP contribution in [0.1, 0.15) is 29.2 Å². The van der Waals surface area contributed by atoms with E-state index in [1.54, 1.807) is 29.3 Å². The Labute approximate surface area is 136 Å². The molecule has 0 bridgehead atoms. The largest absolute Gasteiger partial charge is 0.338 e. The van der Waals surface area contributed by atoms with E-state index in [4.69, 9.17) is 11.6 Å². The molecular formula is C14H14BrClN4O. The predicted molar refractivity (Wildman–Crippen MR) is 83.3 cm³/mol. The number of carbonyl (C=O) groups excluding carboxylic acids is 1. The van der Waals surface area contributed by atoms with Gasteiger partial charge in [0.25, 0.3) is 5.91 Å². The molecule has 0 N–H and O–H groups in total. The Balaban J connectivity index is 1.69. The quantitative estimate of drug-likeness (QED) is 0.817. The molecule has 2 heterocycles. The number of hydrogen-bond donors (Lipinski definition) is 0. The third-order valence-corrected chi connectivity index (χ3v) is 4.50. The Hall–Kier alpha value is -1.40.